The van der Waals surface area contributed by atoms with Gasteiger partial charge in [0.1, 0.15) is 0 Å². The lowest BCUT2D eigenvalue weighted by Gasteiger charge is -2.19. The highest BCUT2D eigenvalue weighted by molar-refractivity contribution is 5.82. The summed E-state index contributed by atoms with van der Waals surface area (Å²) in [6.45, 7) is 1.08. The molecule has 8 heteroatoms. The zero-order valence-corrected chi connectivity index (χ0v) is 7.71. The molecule has 0 rings (SSSR count). The topological polar surface area (TPSA) is 86.6 Å². The molecule has 0 aliphatic rings. The molecule has 0 aliphatic heterocycles. The zero-order valence-electron chi connectivity index (χ0n) is 7.71. The first-order valence-corrected chi connectivity index (χ1v) is 3.92. The summed E-state index contributed by atoms with van der Waals surface area (Å²) in [6.07, 6.45) is -7.34. The van der Waals surface area contributed by atoms with Crippen molar-refractivity contribution in [1.82, 2.24) is 5.32 Å². The van der Waals surface area contributed by atoms with Gasteiger partial charge in [-0.15, -0.1) is 0 Å². The van der Waals surface area contributed by atoms with E-state index < -0.39 is 36.6 Å². The van der Waals surface area contributed by atoms with Crippen LogP contribution in [0.15, 0.2) is 0 Å². The standard InChI is InChI=1S/C7H10F3NO4/c1-3(4(12)2-5(13)14)11-6(15)7(8,9)10/h3-4,12H,2H2,1H3,(H,11,15)(H,13,14)/t3-,4?/m1/s1. The molecule has 2 atom stereocenters. The highest BCUT2D eigenvalue weighted by Crippen LogP contribution is 2.15. The molecule has 3 N–H and O–H groups in total. The Bertz CT molecular complexity index is 253. The largest absolute Gasteiger partial charge is 0.481 e. The van der Waals surface area contributed by atoms with Gasteiger partial charge in [0, 0.05) is 0 Å². The van der Waals surface area contributed by atoms with E-state index in [4.69, 9.17) is 10.2 Å². The summed E-state index contributed by atoms with van der Waals surface area (Å²) in [4.78, 5) is 20.5. The maximum Gasteiger partial charge on any atom is 0.471 e. The zero-order chi connectivity index (χ0) is 12.2. The smallest absolute Gasteiger partial charge is 0.471 e. The monoisotopic (exact) mass is 229 g/mol. The summed E-state index contributed by atoms with van der Waals surface area (Å²) in [5.41, 5.74) is 0. The number of amides is 1. The Morgan fingerprint density at radius 1 is 1.40 bits per heavy atom. The second-order valence-electron chi connectivity index (χ2n) is 2.93. The molecule has 0 heterocycles. The molecule has 0 fully saturated rings. The Hall–Kier alpha value is -1.31. The van der Waals surface area contributed by atoms with Crippen LogP contribution >= 0.6 is 0 Å². The van der Waals surface area contributed by atoms with Gasteiger partial charge in [0.25, 0.3) is 0 Å². The number of aliphatic hydroxyl groups is 1. The average Bonchev–Trinajstić information content (AvgIpc) is 2.00. The van der Waals surface area contributed by atoms with Gasteiger partial charge < -0.3 is 15.5 Å². The Morgan fingerprint density at radius 3 is 2.20 bits per heavy atom. The SMILES string of the molecule is C[C@@H](NC(=O)C(F)(F)F)C(O)CC(=O)O. The number of carbonyl (C=O) groups is 2. The number of hydrogen-bond acceptors (Lipinski definition) is 3. The molecule has 0 bridgehead atoms. The van der Waals surface area contributed by atoms with E-state index in [0.29, 0.717) is 0 Å². The van der Waals surface area contributed by atoms with Crippen LogP contribution < -0.4 is 5.32 Å². The van der Waals surface area contributed by atoms with E-state index in [1.54, 1.807) is 0 Å². The van der Waals surface area contributed by atoms with Crippen molar-refractivity contribution >= 4 is 11.9 Å². The van der Waals surface area contributed by atoms with Crippen LogP contribution in [0.1, 0.15) is 13.3 Å². The number of nitrogens with one attached hydrogen (secondary N) is 1. The second-order valence-corrected chi connectivity index (χ2v) is 2.93. The number of rotatable bonds is 4. The third-order valence-electron chi connectivity index (χ3n) is 1.58. The highest BCUT2D eigenvalue weighted by atomic mass is 19.4. The quantitative estimate of drug-likeness (QED) is 0.627. The van der Waals surface area contributed by atoms with E-state index in [1.165, 1.54) is 5.32 Å². The molecule has 0 saturated heterocycles. The summed E-state index contributed by atoms with van der Waals surface area (Å²) >= 11 is 0. The van der Waals surface area contributed by atoms with Crippen molar-refractivity contribution < 1.29 is 33.0 Å². The van der Waals surface area contributed by atoms with Gasteiger partial charge in [-0.3, -0.25) is 9.59 Å². The van der Waals surface area contributed by atoms with Crippen LogP contribution in [0, 0.1) is 0 Å². The molecule has 0 aromatic heterocycles. The Kier molecular flexibility index (Phi) is 4.53. The van der Waals surface area contributed by atoms with Crippen LogP contribution in [0.5, 0.6) is 0 Å². The predicted octanol–water partition coefficient (Wildman–Crippen LogP) is -0.111. The summed E-state index contributed by atoms with van der Waals surface area (Å²) in [5.74, 6) is -3.57. The first-order chi connectivity index (χ1) is 6.64. The fourth-order valence-corrected chi connectivity index (χ4v) is 0.740. The molecule has 0 radical (unpaired) electrons. The molecule has 0 aromatic carbocycles. The van der Waals surface area contributed by atoms with Gasteiger partial charge in [0.2, 0.25) is 0 Å². The van der Waals surface area contributed by atoms with Crippen molar-refractivity contribution in [2.24, 2.45) is 0 Å². The molecule has 0 spiro atoms. The fourth-order valence-electron chi connectivity index (χ4n) is 0.740. The Balaban J connectivity index is 4.19. The van der Waals surface area contributed by atoms with E-state index in [0.717, 1.165) is 6.92 Å². The number of aliphatic hydroxyl groups excluding tert-OH is 1. The number of alkyl halides is 3. The van der Waals surface area contributed by atoms with Gasteiger partial charge in [-0.2, -0.15) is 13.2 Å². The van der Waals surface area contributed by atoms with Crippen LogP contribution in [0.25, 0.3) is 0 Å². The molecule has 1 unspecified atom stereocenters. The highest BCUT2D eigenvalue weighted by Gasteiger charge is 2.40. The van der Waals surface area contributed by atoms with Crippen molar-refractivity contribution in [3.05, 3.63) is 0 Å². The summed E-state index contributed by atoms with van der Waals surface area (Å²) in [6, 6.07) is -1.28. The van der Waals surface area contributed by atoms with Crippen molar-refractivity contribution in [1.29, 1.82) is 0 Å². The Morgan fingerprint density at radius 2 is 1.87 bits per heavy atom. The van der Waals surface area contributed by atoms with Crippen molar-refractivity contribution in [3.8, 4) is 0 Å². The number of carbonyl (C=O) groups excluding carboxylic acids is 1. The average molecular weight is 229 g/mol. The van der Waals surface area contributed by atoms with Gasteiger partial charge >= 0.3 is 18.1 Å². The molecule has 0 aliphatic carbocycles. The molecular formula is C7H10F3NO4. The Labute approximate surface area is 82.9 Å². The minimum atomic E-state index is -5.04. The predicted molar refractivity (Wildman–Crippen MR) is 41.9 cm³/mol. The molecule has 88 valence electrons. The normalized spacial score (nSPS) is 15.5. The van der Waals surface area contributed by atoms with E-state index >= 15 is 0 Å². The molecule has 15 heavy (non-hydrogen) atoms. The number of hydrogen-bond donors (Lipinski definition) is 3. The van der Waals surface area contributed by atoms with Gasteiger partial charge in [0.15, 0.2) is 0 Å². The van der Waals surface area contributed by atoms with Crippen molar-refractivity contribution in [2.75, 3.05) is 0 Å². The van der Waals surface area contributed by atoms with Gasteiger partial charge in [-0.05, 0) is 6.92 Å². The van der Waals surface area contributed by atoms with Crippen LogP contribution in [-0.4, -0.2) is 40.4 Å². The first-order valence-electron chi connectivity index (χ1n) is 3.92. The van der Waals surface area contributed by atoms with Gasteiger partial charge in [0.05, 0.1) is 18.6 Å². The second kappa shape index (κ2) is 4.96. The molecular weight excluding hydrogens is 219 g/mol. The van der Waals surface area contributed by atoms with Crippen molar-refractivity contribution in [2.45, 2.75) is 31.7 Å². The van der Waals surface area contributed by atoms with Gasteiger partial charge in [-0.1, -0.05) is 0 Å². The lowest BCUT2D eigenvalue weighted by Crippen LogP contribution is -2.47. The number of aliphatic carboxylic acids is 1. The van der Waals surface area contributed by atoms with Crippen LogP contribution in [-0.2, 0) is 9.59 Å². The van der Waals surface area contributed by atoms with E-state index in [1.807, 2.05) is 0 Å². The molecule has 0 aromatic rings. The van der Waals surface area contributed by atoms with Crippen molar-refractivity contribution in [3.63, 3.8) is 0 Å². The lowest BCUT2D eigenvalue weighted by atomic mass is 10.1. The third kappa shape index (κ3) is 5.21. The summed E-state index contributed by atoms with van der Waals surface area (Å²) < 4.78 is 35.2. The van der Waals surface area contributed by atoms with E-state index in [2.05, 4.69) is 0 Å². The maximum absolute atomic E-state index is 11.7. The minimum absolute atomic E-state index is 0.737. The summed E-state index contributed by atoms with van der Waals surface area (Å²) in [5, 5.41) is 18.7. The minimum Gasteiger partial charge on any atom is -0.481 e. The van der Waals surface area contributed by atoms with Crippen LogP contribution in [0.2, 0.25) is 0 Å². The van der Waals surface area contributed by atoms with Crippen LogP contribution in [0.4, 0.5) is 13.2 Å². The lowest BCUT2D eigenvalue weighted by molar-refractivity contribution is -0.175. The molecule has 5 nitrogen and oxygen atoms in total. The number of halogens is 3. The number of carboxylic acids is 1. The maximum atomic E-state index is 11.7. The van der Waals surface area contributed by atoms with Gasteiger partial charge in [-0.25, -0.2) is 0 Å². The number of carboxylic acid groups (broad SMARTS) is 1. The molecule has 0 saturated carbocycles. The van der Waals surface area contributed by atoms with Crippen LogP contribution in [0.3, 0.4) is 0 Å². The third-order valence-corrected chi connectivity index (χ3v) is 1.58. The fraction of sp³-hybridized carbons (Fsp3) is 0.714. The first kappa shape index (κ1) is 13.7. The summed E-state index contributed by atoms with van der Waals surface area (Å²) in [7, 11) is 0. The van der Waals surface area contributed by atoms with E-state index in [9.17, 15) is 22.8 Å². The molecule has 1 amide bonds. The van der Waals surface area contributed by atoms with E-state index in [-0.39, 0.29) is 0 Å².